The number of barbiturate groups is 1. The van der Waals surface area contributed by atoms with E-state index in [9.17, 15) is 14.4 Å². The Morgan fingerprint density at radius 2 is 1.87 bits per heavy atom. The summed E-state index contributed by atoms with van der Waals surface area (Å²) in [6.07, 6.45) is 1.37. The third kappa shape index (κ3) is 2.71. The number of morpholine rings is 1. The minimum absolute atomic E-state index is 0.104. The Hall–Kier alpha value is -3.27. The first-order chi connectivity index (χ1) is 14.7. The zero-order valence-electron chi connectivity index (χ0n) is 17.7. The second-order valence-corrected chi connectivity index (χ2v) is 8.53. The molecule has 10 nitrogen and oxygen atoms in total. The Morgan fingerprint density at radius 1 is 1.16 bits per heavy atom. The largest absolute Gasteiger partial charge is 0.372 e. The van der Waals surface area contributed by atoms with Crippen LogP contribution in [0.15, 0.2) is 16.8 Å². The Labute approximate surface area is 178 Å². The van der Waals surface area contributed by atoms with Crippen LogP contribution in [0, 0.1) is 19.3 Å². The van der Waals surface area contributed by atoms with Gasteiger partial charge < -0.3 is 14.2 Å². The molecule has 0 radical (unpaired) electrons. The van der Waals surface area contributed by atoms with Crippen molar-refractivity contribution in [3.8, 4) is 11.3 Å². The third-order valence-corrected chi connectivity index (χ3v) is 6.48. The molecule has 4 amide bonds. The standard InChI is InChI=1S/C21H23N5O5/c1-9-8-26-15-7-22-14(16-10(2)25-31-11(16)3)5-13(15)6-21(17(26)12(4)30-9)18(27)23-20(29)24-19(21)28/h5,7,9,12,17H,6,8H2,1-4H3,(H2,23,24,27,28,29)/t9-,12+,17-/m1/s1. The van der Waals surface area contributed by atoms with Gasteiger partial charge in [0.1, 0.15) is 5.76 Å². The van der Waals surface area contributed by atoms with Gasteiger partial charge in [-0.05, 0) is 39.3 Å². The van der Waals surface area contributed by atoms with E-state index in [0.29, 0.717) is 23.7 Å². The number of imide groups is 2. The summed E-state index contributed by atoms with van der Waals surface area (Å²) >= 11 is 0. The Bertz CT molecular complexity index is 1090. The van der Waals surface area contributed by atoms with Crippen LogP contribution < -0.4 is 15.5 Å². The normalized spacial score (nSPS) is 26.9. The molecule has 2 aromatic rings. The molecule has 0 aliphatic carbocycles. The molecule has 2 fully saturated rings. The smallest absolute Gasteiger partial charge is 0.328 e. The van der Waals surface area contributed by atoms with Crippen molar-refractivity contribution in [2.45, 2.75) is 52.4 Å². The highest BCUT2D eigenvalue weighted by atomic mass is 16.5. The summed E-state index contributed by atoms with van der Waals surface area (Å²) in [6, 6.07) is 0.500. The summed E-state index contributed by atoms with van der Waals surface area (Å²) < 4.78 is 11.3. The fourth-order valence-corrected chi connectivity index (χ4v) is 5.32. The number of hydrogen-bond acceptors (Lipinski definition) is 8. The molecule has 0 unspecified atom stereocenters. The first-order valence-corrected chi connectivity index (χ1v) is 10.2. The van der Waals surface area contributed by atoms with Crippen LogP contribution in [0.3, 0.4) is 0 Å². The van der Waals surface area contributed by atoms with Crippen molar-refractivity contribution in [3.05, 3.63) is 29.3 Å². The Kier molecular flexibility index (Phi) is 4.20. The first kappa shape index (κ1) is 19.7. The Balaban J connectivity index is 1.70. The van der Waals surface area contributed by atoms with Crippen molar-refractivity contribution >= 4 is 23.5 Å². The van der Waals surface area contributed by atoms with Gasteiger partial charge in [-0.3, -0.25) is 25.2 Å². The summed E-state index contributed by atoms with van der Waals surface area (Å²) in [6.45, 7) is 7.94. The zero-order chi connectivity index (χ0) is 22.1. The second kappa shape index (κ2) is 6.61. The molecule has 0 aromatic carbocycles. The van der Waals surface area contributed by atoms with Gasteiger partial charge in [-0.25, -0.2) is 4.79 Å². The lowest BCUT2D eigenvalue weighted by atomic mass is 9.66. The SMILES string of the molecule is Cc1noc(C)c1-c1cc2c(cn1)N1C[C@@H](C)O[C@@H](C)[C@@H]1C1(C2)C(=O)NC(=O)NC1=O. The predicted molar refractivity (Wildman–Crippen MR) is 108 cm³/mol. The quantitative estimate of drug-likeness (QED) is 0.654. The summed E-state index contributed by atoms with van der Waals surface area (Å²) in [7, 11) is 0. The maximum atomic E-state index is 13.2. The molecule has 10 heteroatoms. The molecule has 2 saturated heterocycles. The van der Waals surface area contributed by atoms with E-state index in [2.05, 4.69) is 20.8 Å². The Morgan fingerprint density at radius 3 is 2.52 bits per heavy atom. The maximum absolute atomic E-state index is 13.2. The highest BCUT2D eigenvalue weighted by Gasteiger charge is 2.62. The van der Waals surface area contributed by atoms with Gasteiger partial charge in [0.05, 0.1) is 47.1 Å². The molecule has 0 bridgehead atoms. The van der Waals surface area contributed by atoms with Gasteiger partial charge in [-0.1, -0.05) is 5.16 Å². The van der Waals surface area contributed by atoms with E-state index in [1.165, 1.54) is 0 Å². The number of aryl methyl sites for hydroxylation is 2. The number of amides is 4. The zero-order valence-corrected chi connectivity index (χ0v) is 17.7. The van der Waals surface area contributed by atoms with Gasteiger partial charge in [-0.15, -0.1) is 0 Å². The number of carbonyl (C=O) groups excluding carboxylic acids is 3. The average molecular weight is 425 g/mol. The number of nitrogens with zero attached hydrogens (tertiary/aromatic N) is 3. The van der Waals surface area contributed by atoms with Gasteiger partial charge in [0.25, 0.3) is 0 Å². The van der Waals surface area contributed by atoms with Crippen LogP contribution in [0.5, 0.6) is 0 Å². The molecule has 5 rings (SSSR count). The minimum atomic E-state index is -1.50. The monoisotopic (exact) mass is 425 g/mol. The molecule has 0 saturated carbocycles. The summed E-state index contributed by atoms with van der Waals surface area (Å²) in [5, 5.41) is 8.59. The number of urea groups is 1. The number of hydrogen-bond donors (Lipinski definition) is 2. The summed E-state index contributed by atoms with van der Waals surface area (Å²) in [5.74, 6) is -0.578. The third-order valence-electron chi connectivity index (χ3n) is 6.48. The van der Waals surface area contributed by atoms with Crippen molar-refractivity contribution in [1.29, 1.82) is 0 Å². The van der Waals surface area contributed by atoms with Crippen molar-refractivity contribution in [2.75, 3.05) is 11.4 Å². The molecule has 5 heterocycles. The lowest BCUT2D eigenvalue weighted by Gasteiger charge is -2.55. The van der Waals surface area contributed by atoms with E-state index in [4.69, 9.17) is 9.26 Å². The molecule has 2 aromatic heterocycles. The van der Waals surface area contributed by atoms with Gasteiger partial charge >= 0.3 is 6.03 Å². The van der Waals surface area contributed by atoms with E-state index in [-0.39, 0.29) is 12.5 Å². The summed E-state index contributed by atoms with van der Waals surface area (Å²) in [4.78, 5) is 44.8. The van der Waals surface area contributed by atoms with Gasteiger partial charge in [-0.2, -0.15) is 0 Å². The number of pyridine rings is 1. The highest BCUT2D eigenvalue weighted by molar-refractivity contribution is 6.20. The lowest BCUT2D eigenvalue weighted by Crippen LogP contribution is -2.75. The summed E-state index contributed by atoms with van der Waals surface area (Å²) in [5.41, 5.74) is 2.30. The molecular weight excluding hydrogens is 402 g/mol. The van der Waals surface area contributed by atoms with Crippen molar-refractivity contribution in [3.63, 3.8) is 0 Å². The highest BCUT2D eigenvalue weighted by Crippen LogP contribution is 2.47. The minimum Gasteiger partial charge on any atom is -0.372 e. The van der Waals surface area contributed by atoms with Crippen LogP contribution in [-0.4, -0.2) is 52.8 Å². The molecule has 1 spiro atoms. The fourth-order valence-electron chi connectivity index (χ4n) is 5.32. The van der Waals surface area contributed by atoms with Gasteiger partial charge in [0, 0.05) is 13.0 Å². The van der Waals surface area contributed by atoms with Crippen LogP contribution in [-0.2, 0) is 20.7 Å². The molecule has 3 aliphatic rings. The number of ether oxygens (including phenoxy) is 1. The molecular formula is C21H23N5O5. The second-order valence-electron chi connectivity index (χ2n) is 8.53. The van der Waals surface area contributed by atoms with Crippen LogP contribution >= 0.6 is 0 Å². The number of rotatable bonds is 1. The number of anilines is 1. The lowest BCUT2D eigenvalue weighted by molar-refractivity contribution is -0.153. The van der Waals surface area contributed by atoms with E-state index in [1.807, 2.05) is 38.7 Å². The molecule has 31 heavy (non-hydrogen) atoms. The van der Waals surface area contributed by atoms with Crippen LogP contribution in [0.4, 0.5) is 10.5 Å². The van der Waals surface area contributed by atoms with E-state index < -0.39 is 35.4 Å². The number of aromatic nitrogens is 2. The maximum Gasteiger partial charge on any atom is 0.328 e. The van der Waals surface area contributed by atoms with E-state index >= 15 is 0 Å². The molecule has 2 N–H and O–H groups in total. The van der Waals surface area contributed by atoms with E-state index in [0.717, 1.165) is 16.8 Å². The van der Waals surface area contributed by atoms with Crippen LogP contribution in [0.1, 0.15) is 30.9 Å². The predicted octanol–water partition coefficient (Wildman–Crippen LogP) is 1.24. The fraction of sp³-hybridized carbons (Fsp3) is 0.476. The molecule has 3 atom stereocenters. The first-order valence-electron chi connectivity index (χ1n) is 10.2. The van der Waals surface area contributed by atoms with Crippen LogP contribution in [0.25, 0.3) is 11.3 Å². The van der Waals surface area contributed by atoms with E-state index in [1.54, 1.807) is 6.20 Å². The number of carbonyl (C=O) groups is 3. The van der Waals surface area contributed by atoms with Gasteiger partial charge in [0.15, 0.2) is 5.41 Å². The topological polar surface area (TPSA) is 127 Å². The van der Waals surface area contributed by atoms with Crippen molar-refractivity contribution < 1.29 is 23.6 Å². The average Bonchev–Trinajstić information content (AvgIpc) is 3.03. The number of fused-ring (bicyclic) bond motifs is 4. The van der Waals surface area contributed by atoms with Crippen molar-refractivity contribution in [1.82, 2.24) is 20.8 Å². The molecule has 162 valence electrons. The van der Waals surface area contributed by atoms with Crippen molar-refractivity contribution in [2.24, 2.45) is 5.41 Å². The van der Waals surface area contributed by atoms with Gasteiger partial charge in [0.2, 0.25) is 11.8 Å². The molecule has 3 aliphatic heterocycles. The van der Waals surface area contributed by atoms with Crippen LogP contribution in [0.2, 0.25) is 0 Å². The number of nitrogens with one attached hydrogen (secondary N) is 2.